The van der Waals surface area contributed by atoms with Gasteiger partial charge in [0.15, 0.2) is 0 Å². The largest absolute Gasteiger partial charge is 0.349 e. The van der Waals surface area contributed by atoms with Crippen molar-refractivity contribution >= 4 is 39.8 Å². The minimum absolute atomic E-state index is 0.103. The summed E-state index contributed by atoms with van der Waals surface area (Å²) in [6, 6.07) is 2.33. The number of thiophene rings is 1. The molecule has 0 aliphatic heterocycles. The van der Waals surface area contributed by atoms with Gasteiger partial charge in [-0.25, -0.2) is 0 Å². The molecule has 1 aromatic rings. The van der Waals surface area contributed by atoms with Crippen LogP contribution in [0.1, 0.15) is 49.9 Å². The number of nitrogens with one attached hydrogen (secondary N) is 1. The summed E-state index contributed by atoms with van der Waals surface area (Å²) >= 11 is 3.89. The van der Waals surface area contributed by atoms with Crippen molar-refractivity contribution in [3.63, 3.8) is 0 Å². The van der Waals surface area contributed by atoms with Crippen LogP contribution in [0.5, 0.6) is 0 Å². The third-order valence-electron chi connectivity index (χ3n) is 3.82. The average Bonchev–Trinajstić information content (AvgIpc) is 2.76. The molecule has 1 N–H and O–H groups in total. The molecule has 0 spiro atoms. The molecule has 0 bridgehead atoms. The van der Waals surface area contributed by atoms with Crippen molar-refractivity contribution in [2.45, 2.75) is 45.6 Å². The molecule has 18 heavy (non-hydrogen) atoms. The van der Waals surface area contributed by atoms with E-state index in [2.05, 4.69) is 41.8 Å². The van der Waals surface area contributed by atoms with Crippen molar-refractivity contribution in [1.29, 1.82) is 0 Å². The minimum Gasteiger partial charge on any atom is -0.349 e. The van der Waals surface area contributed by atoms with Crippen molar-refractivity contribution in [3.05, 3.63) is 19.9 Å². The van der Waals surface area contributed by atoms with Gasteiger partial charge in [-0.05, 0) is 53.3 Å². The molecule has 4 heteroatoms. The summed E-state index contributed by atoms with van der Waals surface area (Å²) in [6.07, 6.45) is 4.94. The standard InChI is InChI=1S/C14H20INOS/c1-9(2)11-5-3-4-6-12(11)16-14(17)10-7-13(15)18-8-10/h7-9,11-12H,3-6H2,1-2H3,(H,16,17). The highest BCUT2D eigenvalue weighted by Gasteiger charge is 2.28. The quantitative estimate of drug-likeness (QED) is 0.782. The van der Waals surface area contributed by atoms with Crippen molar-refractivity contribution < 1.29 is 4.79 Å². The summed E-state index contributed by atoms with van der Waals surface area (Å²) in [7, 11) is 0. The number of carbonyl (C=O) groups is 1. The molecule has 2 atom stereocenters. The van der Waals surface area contributed by atoms with Crippen LogP contribution in [0.15, 0.2) is 11.4 Å². The second-order valence-corrected chi connectivity index (χ2v) is 8.22. The second kappa shape index (κ2) is 6.37. The molecule has 0 saturated heterocycles. The molecule has 1 saturated carbocycles. The van der Waals surface area contributed by atoms with E-state index in [9.17, 15) is 4.79 Å². The highest BCUT2D eigenvalue weighted by molar-refractivity contribution is 14.1. The van der Waals surface area contributed by atoms with E-state index in [0.717, 1.165) is 12.0 Å². The first-order valence-electron chi connectivity index (χ1n) is 6.63. The lowest BCUT2D eigenvalue weighted by molar-refractivity contribution is 0.0889. The van der Waals surface area contributed by atoms with Crippen LogP contribution in [-0.4, -0.2) is 11.9 Å². The van der Waals surface area contributed by atoms with Crippen LogP contribution in [0, 0.1) is 14.7 Å². The fourth-order valence-corrected chi connectivity index (χ4v) is 4.14. The Morgan fingerprint density at radius 1 is 1.44 bits per heavy atom. The van der Waals surface area contributed by atoms with E-state index in [1.165, 1.54) is 22.1 Å². The Morgan fingerprint density at radius 2 is 2.17 bits per heavy atom. The van der Waals surface area contributed by atoms with Gasteiger partial charge >= 0.3 is 0 Å². The molecule has 1 amide bonds. The molecular formula is C14H20INOS. The third kappa shape index (κ3) is 3.47. The van der Waals surface area contributed by atoms with Crippen molar-refractivity contribution in [1.82, 2.24) is 5.32 Å². The number of carbonyl (C=O) groups excluding carboxylic acids is 1. The Kier molecular flexibility index (Phi) is 5.06. The fraction of sp³-hybridized carbons (Fsp3) is 0.643. The molecule has 1 aliphatic carbocycles. The van der Waals surface area contributed by atoms with Gasteiger partial charge in [-0.1, -0.05) is 26.7 Å². The van der Waals surface area contributed by atoms with Crippen LogP contribution < -0.4 is 5.32 Å². The maximum Gasteiger partial charge on any atom is 0.252 e. The molecule has 0 aromatic carbocycles. The summed E-state index contributed by atoms with van der Waals surface area (Å²) in [4.78, 5) is 12.2. The van der Waals surface area contributed by atoms with Crippen molar-refractivity contribution in [3.8, 4) is 0 Å². The average molecular weight is 377 g/mol. The van der Waals surface area contributed by atoms with Gasteiger partial charge in [-0.3, -0.25) is 4.79 Å². The van der Waals surface area contributed by atoms with E-state index in [-0.39, 0.29) is 5.91 Å². The summed E-state index contributed by atoms with van der Waals surface area (Å²) in [5, 5.41) is 5.19. The van der Waals surface area contributed by atoms with E-state index in [1.54, 1.807) is 11.3 Å². The lowest BCUT2D eigenvalue weighted by Crippen LogP contribution is -2.43. The molecule has 1 heterocycles. The molecule has 2 nitrogen and oxygen atoms in total. The molecular weight excluding hydrogens is 357 g/mol. The Hall–Kier alpha value is -0.100. The van der Waals surface area contributed by atoms with E-state index in [4.69, 9.17) is 0 Å². The minimum atomic E-state index is 0.103. The van der Waals surface area contributed by atoms with Crippen LogP contribution in [0.2, 0.25) is 0 Å². The first-order chi connectivity index (χ1) is 8.58. The van der Waals surface area contributed by atoms with Crippen LogP contribution in [0.25, 0.3) is 0 Å². The summed E-state index contributed by atoms with van der Waals surface area (Å²) in [6.45, 7) is 4.53. The third-order valence-corrected chi connectivity index (χ3v) is 5.61. The highest BCUT2D eigenvalue weighted by Crippen LogP contribution is 2.30. The Morgan fingerprint density at radius 3 is 2.78 bits per heavy atom. The zero-order valence-corrected chi connectivity index (χ0v) is 13.9. The predicted molar refractivity (Wildman–Crippen MR) is 85.1 cm³/mol. The monoisotopic (exact) mass is 377 g/mol. The van der Waals surface area contributed by atoms with Crippen LogP contribution in [0.4, 0.5) is 0 Å². The first kappa shape index (κ1) is 14.3. The Labute approximate surface area is 127 Å². The Balaban J connectivity index is 2.00. The predicted octanol–water partition coefficient (Wildman–Crippen LogP) is 4.30. The molecule has 1 aromatic heterocycles. The normalized spacial score (nSPS) is 24.2. The molecule has 1 aliphatic rings. The van der Waals surface area contributed by atoms with Gasteiger partial charge in [0.05, 0.1) is 8.45 Å². The van der Waals surface area contributed by atoms with Gasteiger partial charge in [0, 0.05) is 11.4 Å². The summed E-state index contributed by atoms with van der Waals surface area (Å²) in [5.41, 5.74) is 0.817. The molecule has 0 radical (unpaired) electrons. The number of hydrogen-bond acceptors (Lipinski definition) is 2. The van der Waals surface area contributed by atoms with Crippen molar-refractivity contribution in [2.75, 3.05) is 0 Å². The first-order valence-corrected chi connectivity index (χ1v) is 8.58. The zero-order valence-electron chi connectivity index (χ0n) is 10.9. The van der Waals surface area contributed by atoms with Gasteiger partial charge in [0.1, 0.15) is 0 Å². The van der Waals surface area contributed by atoms with Gasteiger partial charge in [0.25, 0.3) is 5.91 Å². The summed E-state index contributed by atoms with van der Waals surface area (Å²) < 4.78 is 1.17. The maximum atomic E-state index is 12.2. The van der Waals surface area contributed by atoms with Gasteiger partial charge in [-0.15, -0.1) is 11.3 Å². The van der Waals surface area contributed by atoms with Gasteiger partial charge in [-0.2, -0.15) is 0 Å². The van der Waals surface area contributed by atoms with E-state index in [1.807, 2.05) is 11.4 Å². The summed E-state index contributed by atoms with van der Waals surface area (Å²) in [5.74, 6) is 1.39. The maximum absolute atomic E-state index is 12.2. The molecule has 2 unspecified atom stereocenters. The smallest absolute Gasteiger partial charge is 0.252 e. The highest BCUT2D eigenvalue weighted by atomic mass is 127. The van der Waals surface area contributed by atoms with E-state index >= 15 is 0 Å². The second-order valence-electron chi connectivity index (χ2n) is 5.41. The SMILES string of the molecule is CC(C)C1CCCCC1NC(=O)c1csc(I)c1. The Bertz CT molecular complexity index is 416. The van der Waals surface area contributed by atoms with Gasteiger partial charge < -0.3 is 5.32 Å². The lowest BCUT2D eigenvalue weighted by atomic mass is 9.78. The van der Waals surface area contributed by atoms with Crippen LogP contribution in [0.3, 0.4) is 0 Å². The topological polar surface area (TPSA) is 29.1 Å². The number of halogens is 1. The zero-order chi connectivity index (χ0) is 13.1. The van der Waals surface area contributed by atoms with E-state index in [0.29, 0.717) is 17.9 Å². The van der Waals surface area contributed by atoms with Gasteiger partial charge in [0.2, 0.25) is 0 Å². The van der Waals surface area contributed by atoms with Crippen LogP contribution >= 0.6 is 33.9 Å². The van der Waals surface area contributed by atoms with E-state index < -0.39 is 0 Å². The fourth-order valence-electron chi connectivity index (χ4n) is 2.82. The number of amides is 1. The number of hydrogen-bond donors (Lipinski definition) is 1. The molecule has 2 rings (SSSR count). The van der Waals surface area contributed by atoms with Crippen molar-refractivity contribution in [2.24, 2.45) is 11.8 Å². The molecule has 1 fully saturated rings. The molecule has 100 valence electrons. The van der Waals surface area contributed by atoms with Crippen LogP contribution in [-0.2, 0) is 0 Å². The lowest BCUT2D eigenvalue weighted by Gasteiger charge is -2.34. The number of rotatable bonds is 3.